The SMILES string of the molecule is NCC#Cc1cnccc1C(=O)Nc1nc(C2CC2)cs1. The van der Waals surface area contributed by atoms with Gasteiger partial charge in [-0.15, -0.1) is 11.3 Å². The number of nitrogens with zero attached hydrogens (tertiary/aromatic N) is 2. The lowest BCUT2D eigenvalue weighted by atomic mass is 10.1. The van der Waals surface area contributed by atoms with Gasteiger partial charge in [0, 0.05) is 23.7 Å². The van der Waals surface area contributed by atoms with E-state index in [9.17, 15) is 4.79 Å². The van der Waals surface area contributed by atoms with Gasteiger partial charge in [0.2, 0.25) is 0 Å². The second kappa shape index (κ2) is 6.04. The molecule has 21 heavy (non-hydrogen) atoms. The molecule has 1 saturated carbocycles. The summed E-state index contributed by atoms with van der Waals surface area (Å²) in [6, 6.07) is 1.64. The first-order valence-corrected chi connectivity index (χ1v) is 7.55. The maximum absolute atomic E-state index is 12.3. The van der Waals surface area contributed by atoms with E-state index >= 15 is 0 Å². The maximum Gasteiger partial charge on any atom is 0.258 e. The number of hydrogen-bond donors (Lipinski definition) is 2. The van der Waals surface area contributed by atoms with Crippen molar-refractivity contribution in [2.24, 2.45) is 5.73 Å². The van der Waals surface area contributed by atoms with E-state index in [-0.39, 0.29) is 12.5 Å². The Hall–Kier alpha value is -2.23. The van der Waals surface area contributed by atoms with Crippen LogP contribution in [0.15, 0.2) is 23.8 Å². The first-order chi connectivity index (χ1) is 10.3. The minimum absolute atomic E-state index is 0.226. The standard InChI is InChI=1S/C15H14N4OS/c16-6-1-2-11-8-17-7-5-12(11)14(20)19-15-18-13(9-21-15)10-3-4-10/h5,7-10H,3-4,6,16H2,(H,18,19,20). The van der Waals surface area contributed by atoms with Gasteiger partial charge in [-0.1, -0.05) is 11.8 Å². The molecule has 1 aliphatic rings. The van der Waals surface area contributed by atoms with Gasteiger partial charge in [0.1, 0.15) is 0 Å². The maximum atomic E-state index is 12.3. The van der Waals surface area contributed by atoms with E-state index in [1.165, 1.54) is 24.2 Å². The van der Waals surface area contributed by atoms with Crippen LogP contribution >= 0.6 is 11.3 Å². The van der Waals surface area contributed by atoms with E-state index in [4.69, 9.17) is 5.73 Å². The third-order valence-electron chi connectivity index (χ3n) is 3.13. The highest BCUT2D eigenvalue weighted by atomic mass is 32.1. The molecule has 3 rings (SSSR count). The highest BCUT2D eigenvalue weighted by Crippen LogP contribution is 2.40. The van der Waals surface area contributed by atoms with Gasteiger partial charge in [0.15, 0.2) is 5.13 Å². The summed E-state index contributed by atoms with van der Waals surface area (Å²) in [4.78, 5) is 20.8. The van der Waals surface area contributed by atoms with Crippen molar-refractivity contribution in [2.45, 2.75) is 18.8 Å². The normalized spacial score (nSPS) is 13.4. The van der Waals surface area contributed by atoms with Gasteiger partial charge in [-0.05, 0) is 18.9 Å². The Morgan fingerprint density at radius 3 is 3.14 bits per heavy atom. The summed E-state index contributed by atoms with van der Waals surface area (Å²) in [5.41, 5.74) is 7.49. The fourth-order valence-electron chi connectivity index (χ4n) is 1.91. The van der Waals surface area contributed by atoms with Crippen molar-refractivity contribution in [3.8, 4) is 11.8 Å². The summed E-state index contributed by atoms with van der Waals surface area (Å²) < 4.78 is 0. The number of nitrogens with two attached hydrogens (primary N) is 1. The Bertz CT molecular complexity index is 725. The number of rotatable bonds is 3. The Morgan fingerprint density at radius 1 is 1.52 bits per heavy atom. The quantitative estimate of drug-likeness (QED) is 0.849. The fraction of sp³-hybridized carbons (Fsp3) is 0.267. The van der Waals surface area contributed by atoms with Crippen LogP contribution in [0.4, 0.5) is 5.13 Å². The van der Waals surface area contributed by atoms with E-state index in [0.29, 0.717) is 22.2 Å². The Labute approximate surface area is 126 Å². The summed E-state index contributed by atoms with van der Waals surface area (Å²) in [5, 5.41) is 5.45. The lowest BCUT2D eigenvalue weighted by molar-refractivity contribution is 0.102. The molecule has 2 aromatic rings. The molecule has 0 unspecified atom stereocenters. The number of aromatic nitrogens is 2. The van der Waals surface area contributed by atoms with Crippen LogP contribution < -0.4 is 11.1 Å². The zero-order valence-electron chi connectivity index (χ0n) is 11.3. The third kappa shape index (κ3) is 3.27. The number of thiazole rings is 1. The molecule has 106 valence electrons. The van der Waals surface area contributed by atoms with Crippen LogP contribution in [0, 0.1) is 11.8 Å². The monoisotopic (exact) mass is 298 g/mol. The van der Waals surface area contributed by atoms with Crippen LogP contribution in [-0.4, -0.2) is 22.4 Å². The average Bonchev–Trinajstić information content (AvgIpc) is 3.26. The van der Waals surface area contributed by atoms with Crippen molar-refractivity contribution in [1.82, 2.24) is 9.97 Å². The number of carbonyl (C=O) groups is 1. The van der Waals surface area contributed by atoms with Gasteiger partial charge < -0.3 is 5.73 Å². The molecule has 3 N–H and O–H groups in total. The third-order valence-corrected chi connectivity index (χ3v) is 3.90. The first-order valence-electron chi connectivity index (χ1n) is 6.67. The molecule has 1 fully saturated rings. The van der Waals surface area contributed by atoms with E-state index in [0.717, 1.165) is 5.69 Å². The zero-order valence-corrected chi connectivity index (χ0v) is 12.1. The Kier molecular flexibility index (Phi) is 3.95. The van der Waals surface area contributed by atoms with Gasteiger partial charge in [-0.25, -0.2) is 4.98 Å². The van der Waals surface area contributed by atoms with Crippen molar-refractivity contribution in [3.05, 3.63) is 40.7 Å². The van der Waals surface area contributed by atoms with E-state index in [2.05, 4.69) is 27.1 Å². The van der Waals surface area contributed by atoms with Crippen LogP contribution in [-0.2, 0) is 0 Å². The molecule has 0 saturated heterocycles. The Morgan fingerprint density at radius 2 is 2.38 bits per heavy atom. The number of amides is 1. The van der Waals surface area contributed by atoms with Gasteiger partial charge in [0.05, 0.1) is 23.4 Å². The minimum atomic E-state index is -0.226. The fourth-order valence-corrected chi connectivity index (χ4v) is 2.70. The van der Waals surface area contributed by atoms with Crippen LogP contribution in [0.5, 0.6) is 0 Å². The van der Waals surface area contributed by atoms with Gasteiger partial charge >= 0.3 is 0 Å². The van der Waals surface area contributed by atoms with Crippen molar-refractivity contribution >= 4 is 22.4 Å². The van der Waals surface area contributed by atoms with Crippen molar-refractivity contribution in [3.63, 3.8) is 0 Å². The number of hydrogen-bond acceptors (Lipinski definition) is 5. The predicted octanol–water partition coefficient (Wildman–Crippen LogP) is 1.98. The topological polar surface area (TPSA) is 80.9 Å². The molecule has 0 spiro atoms. The summed E-state index contributed by atoms with van der Waals surface area (Å²) in [6.45, 7) is 0.243. The summed E-state index contributed by atoms with van der Waals surface area (Å²) in [6.07, 6.45) is 5.52. The van der Waals surface area contributed by atoms with Crippen molar-refractivity contribution in [1.29, 1.82) is 0 Å². The molecular weight excluding hydrogens is 284 g/mol. The summed E-state index contributed by atoms with van der Waals surface area (Å²) >= 11 is 1.45. The molecule has 0 bridgehead atoms. The molecule has 5 nitrogen and oxygen atoms in total. The zero-order chi connectivity index (χ0) is 14.7. The van der Waals surface area contributed by atoms with Crippen LogP contribution in [0.25, 0.3) is 0 Å². The smallest absolute Gasteiger partial charge is 0.258 e. The highest BCUT2D eigenvalue weighted by molar-refractivity contribution is 7.14. The molecule has 2 heterocycles. The molecule has 0 aromatic carbocycles. The summed E-state index contributed by atoms with van der Waals surface area (Å²) in [7, 11) is 0. The molecule has 2 aromatic heterocycles. The molecule has 0 aliphatic heterocycles. The molecule has 0 radical (unpaired) electrons. The molecule has 1 aliphatic carbocycles. The van der Waals surface area contributed by atoms with Gasteiger partial charge in [-0.2, -0.15) is 0 Å². The first kappa shape index (κ1) is 13.7. The number of nitrogens with one attached hydrogen (secondary N) is 1. The lowest BCUT2D eigenvalue weighted by Gasteiger charge is -2.03. The lowest BCUT2D eigenvalue weighted by Crippen LogP contribution is -2.13. The Balaban J connectivity index is 1.78. The highest BCUT2D eigenvalue weighted by Gasteiger charge is 2.26. The van der Waals surface area contributed by atoms with E-state index < -0.39 is 0 Å². The minimum Gasteiger partial charge on any atom is -0.320 e. The van der Waals surface area contributed by atoms with Crippen molar-refractivity contribution in [2.75, 3.05) is 11.9 Å². The second-order valence-electron chi connectivity index (χ2n) is 4.73. The molecular formula is C15H14N4OS. The second-order valence-corrected chi connectivity index (χ2v) is 5.59. The van der Waals surface area contributed by atoms with Crippen LogP contribution in [0.3, 0.4) is 0 Å². The van der Waals surface area contributed by atoms with Crippen LogP contribution in [0.2, 0.25) is 0 Å². The number of anilines is 1. The predicted molar refractivity (Wildman–Crippen MR) is 82.2 cm³/mol. The van der Waals surface area contributed by atoms with Gasteiger partial charge in [-0.3, -0.25) is 15.1 Å². The van der Waals surface area contributed by atoms with Gasteiger partial charge in [0.25, 0.3) is 5.91 Å². The number of pyridine rings is 1. The molecule has 1 amide bonds. The van der Waals surface area contributed by atoms with E-state index in [1.807, 2.05) is 5.38 Å². The molecule has 6 heteroatoms. The molecule has 0 atom stereocenters. The van der Waals surface area contributed by atoms with Crippen LogP contribution in [0.1, 0.15) is 40.4 Å². The summed E-state index contributed by atoms with van der Waals surface area (Å²) in [5.74, 6) is 5.95. The number of carbonyl (C=O) groups excluding carboxylic acids is 1. The van der Waals surface area contributed by atoms with E-state index in [1.54, 1.807) is 18.5 Å². The average molecular weight is 298 g/mol. The largest absolute Gasteiger partial charge is 0.320 e. The van der Waals surface area contributed by atoms with Crippen molar-refractivity contribution < 1.29 is 4.79 Å².